The molecule has 1 heterocycles. The summed E-state index contributed by atoms with van der Waals surface area (Å²) in [6, 6.07) is -1.35. The van der Waals surface area contributed by atoms with E-state index in [9.17, 15) is 18.0 Å². The molecule has 0 fully saturated rings. The zero-order chi connectivity index (χ0) is 19.4. The fourth-order valence-corrected chi connectivity index (χ4v) is 3.43. The van der Waals surface area contributed by atoms with Gasteiger partial charge in [-0.1, -0.05) is 5.16 Å². The molecule has 0 bridgehead atoms. The Kier molecular flexibility index (Phi) is 6.54. The highest BCUT2D eigenvalue weighted by Gasteiger charge is 2.31. The minimum Gasteiger partial charge on any atom is -0.468 e. The van der Waals surface area contributed by atoms with E-state index >= 15 is 0 Å². The SMILES string of the molecule is COC(=O)[C@H](CNC(=O)OC(C)(C)C)NS(=O)(=O)c1c(C)noc1C. The molecule has 1 rings (SSSR count). The highest BCUT2D eigenvalue weighted by molar-refractivity contribution is 7.89. The molecule has 0 saturated heterocycles. The highest BCUT2D eigenvalue weighted by Crippen LogP contribution is 2.19. The lowest BCUT2D eigenvalue weighted by atomic mass is 10.2. The zero-order valence-electron chi connectivity index (χ0n) is 15.0. The standard InChI is InChI=1S/C14H23N3O7S/c1-8-11(9(2)24-16-8)25(20,21)17-10(12(18)22-6)7-15-13(19)23-14(3,4)5/h10,17H,7H2,1-6H3,(H,15,19)/t10-/m0/s1. The van der Waals surface area contributed by atoms with E-state index in [0.29, 0.717) is 0 Å². The van der Waals surface area contributed by atoms with Gasteiger partial charge in [-0.25, -0.2) is 13.2 Å². The summed E-state index contributed by atoms with van der Waals surface area (Å²) < 4.78 is 41.6. The molecule has 1 aromatic heterocycles. The summed E-state index contributed by atoms with van der Waals surface area (Å²) in [6.45, 7) is 7.54. The number of carbonyl (C=O) groups is 2. The summed E-state index contributed by atoms with van der Waals surface area (Å²) in [6.07, 6.45) is -0.794. The number of sulfonamides is 1. The average Bonchev–Trinajstić information content (AvgIpc) is 2.80. The normalized spacial score (nSPS) is 13.2. The van der Waals surface area contributed by atoms with Gasteiger partial charge < -0.3 is 19.3 Å². The van der Waals surface area contributed by atoms with Gasteiger partial charge in [-0.3, -0.25) is 4.79 Å². The van der Waals surface area contributed by atoms with E-state index < -0.39 is 33.7 Å². The molecular formula is C14H23N3O7S. The van der Waals surface area contributed by atoms with E-state index in [2.05, 4.69) is 19.9 Å². The number of methoxy groups -OCH3 is 1. The Balaban J connectivity index is 2.90. The molecule has 2 N–H and O–H groups in total. The second kappa shape index (κ2) is 7.83. The smallest absolute Gasteiger partial charge is 0.407 e. The number of aromatic nitrogens is 1. The average molecular weight is 377 g/mol. The molecule has 11 heteroatoms. The Bertz CT molecular complexity index is 715. The van der Waals surface area contributed by atoms with Crippen molar-refractivity contribution < 1.29 is 32.0 Å². The van der Waals surface area contributed by atoms with E-state index in [1.54, 1.807) is 20.8 Å². The second-order valence-electron chi connectivity index (χ2n) is 6.23. The maximum atomic E-state index is 12.5. The fraction of sp³-hybridized carbons (Fsp3) is 0.643. The van der Waals surface area contributed by atoms with Crippen molar-refractivity contribution in [1.29, 1.82) is 0 Å². The van der Waals surface area contributed by atoms with Crippen molar-refractivity contribution in [3.63, 3.8) is 0 Å². The topological polar surface area (TPSA) is 137 Å². The van der Waals surface area contributed by atoms with Gasteiger partial charge in [-0.05, 0) is 34.6 Å². The van der Waals surface area contributed by atoms with Crippen molar-refractivity contribution in [2.75, 3.05) is 13.7 Å². The summed E-state index contributed by atoms with van der Waals surface area (Å²) in [5.41, 5.74) is -0.588. The molecule has 0 saturated carbocycles. The molecule has 0 aliphatic rings. The Morgan fingerprint density at radius 1 is 1.28 bits per heavy atom. The van der Waals surface area contributed by atoms with Crippen molar-refractivity contribution in [1.82, 2.24) is 15.2 Å². The predicted molar refractivity (Wildman–Crippen MR) is 86.3 cm³/mol. The first-order chi connectivity index (χ1) is 11.4. The van der Waals surface area contributed by atoms with E-state index in [1.807, 2.05) is 0 Å². The number of nitrogens with one attached hydrogen (secondary N) is 2. The van der Waals surface area contributed by atoms with Gasteiger partial charge in [-0.2, -0.15) is 4.72 Å². The lowest BCUT2D eigenvalue weighted by molar-refractivity contribution is -0.142. The molecule has 10 nitrogen and oxygen atoms in total. The summed E-state index contributed by atoms with van der Waals surface area (Å²) in [5, 5.41) is 5.89. The van der Waals surface area contributed by atoms with E-state index in [1.165, 1.54) is 13.8 Å². The van der Waals surface area contributed by atoms with Crippen LogP contribution in [0.2, 0.25) is 0 Å². The molecule has 0 radical (unpaired) electrons. The number of hydrogen-bond acceptors (Lipinski definition) is 8. The van der Waals surface area contributed by atoms with Crippen LogP contribution in [0, 0.1) is 13.8 Å². The predicted octanol–water partition coefficient (Wildman–Crippen LogP) is 0.636. The third-order valence-corrected chi connectivity index (χ3v) is 4.58. The minimum absolute atomic E-state index is 0.0775. The van der Waals surface area contributed by atoms with Gasteiger partial charge >= 0.3 is 12.1 Å². The van der Waals surface area contributed by atoms with Crippen LogP contribution in [0.25, 0.3) is 0 Å². The molecule has 0 aliphatic carbocycles. The number of hydrogen-bond donors (Lipinski definition) is 2. The van der Waals surface area contributed by atoms with Gasteiger partial charge in [0, 0.05) is 6.54 Å². The Hall–Kier alpha value is -2.14. The first-order valence-electron chi connectivity index (χ1n) is 7.37. The monoisotopic (exact) mass is 377 g/mol. The number of rotatable bonds is 6. The Morgan fingerprint density at radius 2 is 1.88 bits per heavy atom. The number of amides is 1. The maximum Gasteiger partial charge on any atom is 0.407 e. The van der Waals surface area contributed by atoms with Gasteiger partial charge in [0.15, 0.2) is 5.76 Å². The maximum absolute atomic E-state index is 12.5. The summed E-state index contributed by atoms with van der Waals surface area (Å²) in [4.78, 5) is 23.4. The van der Waals surface area contributed by atoms with Crippen LogP contribution in [0.4, 0.5) is 4.79 Å². The number of aryl methyl sites for hydroxylation is 2. The number of ether oxygens (including phenoxy) is 2. The number of esters is 1. The van der Waals surface area contributed by atoms with Crippen molar-refractivity contribution in [3.8, 4) is 0 Å². The molecule has 1 atom stereocenters. The zero-order valence-corrected chi connectivity index (χ0v) is 15.8. The number of carbonyl (C=O) groups excluding carboxylic acids is 2. The van der Waals surface area contributed by atoms with Gasteiger partial charge in [-0.15, -0.1) is 0 Å². The molecule has 0 spiro atoms. The largest absolute Gasteiger partial charge is 0.468 e. The molecule has 25 heavy (non-hydrogen) atoms. The highest BCUT2D eigenvalue weighted by atomic mass is 32.2. The van der Waals surface area contributed by atoms with Gasteiger partial charge in [0.05, 0.1) is 7.11 Å². The van der Waals surface area contributed by atoms with Crippen molar-refractivity contribution in [2.24, 2.45) is 0 Å². The summed E-state index contributed by atoms with van der Waals surface area (Å²) in [7, 11) is -3.01. The first-order valence-corrected chi connectivity index (χ1v) is 8.85. The van der Waals surface area contributed by atoms with Crippen LogP contribution in [0.1, 0.15) is 32.2 Å². The lowest BCUT2D eigenvalue weighted by Crippen LogP contribution is -2.49. The molecule has 142 valence electrons. The molecule has 0 aliphatic heterocycles. The Labute approximate surface area is 146 Å². The molecule has 0 aromatic carbocycles. The molecule has 1 amide bonds. The van der Waals surface area contributed by atoms with E-state index in [-0.39, 0.29) is 22.9 Å². The van der Waals surface area contributed by atoms with Crippen LogP contribution in [0.5, 0.6) is 0 Å². The van der Waals surface area contributed by atoms with Crippen LogP contribution in [-0.4, -0.2) is 50.9 Å². The van der Waals surface area contributed by atoms with Crippen molar-refractivity contribution >= 4 is 22.1 Å². The Morgan fingerprint density at radius 3 is 2.32 bits per heavy atom. The van der Waals surface area contributed by atoms with Gasteiger partial charge in [0.2, 0.25) is 10.0 Å². The third-order valence-electron chi connectivity index (χ3n) is 2.87. The summed E-state index contributed by atoms with van der Waals surface area (Å²) >= 11 is 0. The number of nitrogens with zero attached hydrogens (tertiary/aromatic N) is 1. The third kappa shape index (κ3) is 6.02. The molecule has 1 aromatic rings. The van der Waals surface area contributed by atoms with Gasteiger partial charge in [0.25, 0.3) is 0 Å². The van der Waals surface area contributed by atoms with E-state index in [4.69, 9.17) is 9.26 Å². The quantitative estimate of drug-likeness (QED) is 0.689. The van der Waals surface area contributed by atoms with Crippen LogP contribution >= 0.6 is 0 Å². The molecular weight excluding hydrogens is 354 g/mol. The lowest BCUT2D eigenvalue weighted by Gasteiger charge is -2.21. The van der Waals surface area contributed by atoms with Crippen molar-refractivity contribution in [3.05, 3.63) is 11.5 Å². The van der Waals surface area contributed by atoms with Crippen LogP contribution in [-0.2, 0) is 24.3 Å². The van der Waals surface area contributed by atoms with Crippen molar-refractivity contribution in [2.45, 2.75) is 51.2 Å². The van der Waals surface area contributed by atoms with Crippen LogP contribution < -0.4 is 10.0 Å². The van der Waals surface area contributed by atoms with E-state index in [0.717, 1.165) is 7.11 Å². The van der Waals surface area contributed by atoms with Crippen LogP contribution in [0.3, 0.4) is 0 Å². The summed E-state index contributed by atoms with van der Waals surface area (Å²) in [5.74, 6) is -0.792. The number of alkyl carbamates (subject to hydrolysis) is 1. The second-order valence-corrected chi connectivity index (χ2v) is 7.88. The van der Waals surface area contributed by atoms with Crippen LogP contribution in [0.15, 0.2) is 9.42 Å². The molecule has 0 unspecified atom stereocenters. The minimum atomic E-state index is -4.11. The first kappa shape index (κ1) is 20.9. The fourth-order valence-electron chi connectivity index (χ4n) is 1.92. The van der Waals surface area contributed by atoms with Gasteiger partial charge in [0.1, 0.15) is 22.2 Å².